The molecule has 2 N–H and O–H groups in total. The molecule has 0 saturated carbocycles. The highest BCUT2D eigenvalue weighted by atomic mass is 16.5. The summed E-state index contributed by atoms with van der Waals surface area (Å²) in [6, 6.07) is 12.7. The summed E-state index contributed by atoms with van der Waals surface area (Å²) in [5.74, 6) is 3.11. The molecule has 0 spiro atoms. The van der Waals surface area contributed by atoms with E-state index in [1.54, 1.807) is 13.4 Å². The first-order valence-corrected chi connectivity index (χ1v) is 11.7. The molecule has 7 nitrogen and oxygen atoms in total. The fraction of sp³-hybridized carbons (Fsp3) is 0.560. The van der Waals surface area contributed by atoms with Crippen molar-refractivity contribution in [3.05, 3.63) is 54.0 Å². The Kier molecular flexibility index (Phi) is 9.91. The van der Waals surface area contributed by atoms with Gasteiger partial charge in [-0.2, -0.15) is 0 Å². The van der Waals surface area contributed by atoms with E-state index in [0.29, 0.717) is 25.2 Å². The molecule has 1 aromatic heterocycles. The van der Waals surface area contributed by atoms with Gasteiger partial charge < -0.3 is 24.5 Å². The van der Waals surface area contributed by atoms with Crippen LogP contribution in [0.15, 0.2) is 52.1 Å². The number of likely N-dealkylation sites (tertiary alicyclic amines) is 1. The van der Waals surface area contributed by atoms with Crippen molar-refractivity contribution in [1.82, 2.24) is 15.5 Å². The minimum atomic E-state index is 0.372. The second-order valence-electron chi connectivity index (χ2n) is 8.23. The third-order valence-electron chi connectivity index (χ3n) is 5.87. The molecule has 1 aliphatic rings. The molecular formula is C25H38N4O3. The maximum atomic E-state index is 5.66. The zero-order valence-corrected chi connectivity index (χ0v) is 19.7. The van der Waals surface area contributed by atoms with Crippen LogP contribution in [-0.4, -0.2) is 57.8 Å². The number of methoxy groups -OCH3 is 1. The van der Waals surface area contributed by atoms with Crippen LogP contribution < -0.4 is 15.4 Å². The van der Waals surface area contributed by atoms with E-state index in [1.165, 1.54) is 18.4 Å². The number of hydrogen-bond acceptors (Lipinski definition) is 5. The predicted molar refractivity (Wildman–Crippen MR) is 128 cm³/mol. The Labute approximate surface area is 192 Å². The summed E-state index contributed by atoms with van der Waals surface area (Å²) in [7, 11) is 3.93. The summed E-state index contributed by atoms with van der Waals surface area (Å²) in [5.41, 5.74) is 1.33. The maximum Gasteiger partial charge on any atom is 0.191 e. The van der Waals surface area contributed by atoms with Crippen LogP contribution in [0.2, 0.25) is 0 Å². The number of nitrogens with zero attached hydrogens (tertiary/aromatic N) is 2. The number of furan rings is 1. The van der Waals surface area contributed by atoms with Gasteiger partial charge in [0.1, 0.15) is 18.1 Å². The van der Waals surface area contributed by atoms with Gasteiger partial charge in [0.25, 0.3) is 0 Å². The van der Waals surface area contributed by atoms with Crippen molar-refractivity contribution in [2.24, 2.45) is 10.9 Å². The summed E-state index contributed by atoms with van der Waals surface area (Å²) in [4.78, 5) is 7.39. The van der Waals surface area contributed by atoms with Gasteiger partial charge in [-0.3, -0.25) is 9.89 Å². The van der Waals surface area contributed by atoms with Gasteiger partial charge in [0.15, 0.2) is 5.96 Å². The van der Waals surface area contributed by atoms with Gasteiger partial charge in [-0.05, 0) is 75.5 Å². The average Bonchev–Trinajstić information content (AvgIpc) is 3.33. The molecule has 0 bridgehead atoms. The molecular weight excluding hydrogens is 404 g/mol. The molecule has 0 aliphatic carbocycles. The lowest BCUT2D eigenvalue weighted by atomic mass is 9.85. The van der Waals surface area contributed by atoms with Crippen LogP contribution in [0.25, 0.3) is 0 Å². The minimum Gasteiger partial charge on any atom is -0.497 e. The molecule has 1 aromatic carbocycles. The first-order valence-electron chi connectivity index (χ1n) is 11.7. The predicted octanol–water partition coefficient (Wildman–Crippen LogP) is 3.83. The summed E-state index contributed by atoms with van der Waals surface area (Å²) >= 11 is 0. The monoisotopic (exact) mass is 442 g/mol. The molecule has 3 rings (SSSR count). The first kappa shape index (κ1) is 24.1. The molecule has 2 heterocycles. The van der Waals surface area contributed by atoms with Gasteiger partial charge in [-0.15, -0.1) is 0 Å². The third-order valence-corrected chi connectivity index (χ3v) is 5.87. The van der Waals surface area contributed by atoms with Gasteiger partial charge >= 0.3 is 0 Å². The number of rotatable bonds is 11. The Bertz CT molecular complexity index is 792. The topological polar surface area (TPSA) is 71.3 Å². The summed E-state index contributed by atoms with van der Waals surface area (Å²) in [5, 5.41) is 6.81. The Morgan fingerprint density at radius 3 is 2.78 bits per heavy atom. The number of benzene rings is 1. The van der Waals surface area contributed by atoms with Crippen molar-refractivity contribution in [2.45, 2.75) is 38.8 Å². The Morgan fingerprint density at radius 2 is 2.06 bits per heavy atom. The molecule has 0 radical (unpaired) electrons. The zero-order chi connectivity index (χ0) is 22.6. The van der Waals surface area contributed by atoms with E-state index < -0.39 is 0 Å². The Hall–Kier alpha value is -2.51. The van der Waals surface area contributed by atoms with E-state index in [4.69, 9.17) is 18.9 Å². The average molecular weight is 443 g/mol. The highest BCUT2D eigenvalue weighted by molar-refractivity contribution is 5.79. The van der Waals surface area contributed by atoms with Crippen molar-refractivity contribution in [1.29, 1.82) is 0 Å². The van der Waals surface area contributed by atoms with Crippen molar-refractivity contribution >= 4 is 5.96 Å². The van der Waals surface area contributed by atoms with E-state index in [0.717, 1.165) is 50.1 Å². The molecule has 2 unspecified atom stereocenters. The first-order chi connectivity index (χ1) is 15.7. The lowest BCUT2D eigenvalue weighted by Crippen LogP contribution is -2.40. The van der Waals surface area contributed by atoms with Crippen LogP contribution in [0.5, 0.6) is 5.75 Å². The van der Waals surface area contributed by atoms with E-state index in [-0.39, 0.29) is 0 Å². The van der Waals surface area contributed by atoms with Gasteiger partial charge in [-0.25, -0.2) is 0 Å². The van der Waals surface area contributed by atoms with Crippen molar-refractivity contribution in [3.63, 3.8) is 0 Å². The normalized spacial score (nSPS) is 19.7. The fourth-order valence-electron chi connectivity index (χ4n) is 4.28. The van der Waals surface area contributed by atoms with Gasteiger partial charge in [0.05, 0.1) is 13.4 Å². The van der Waals surface area contributed by atoms with Crippen LogP contribution in [-0.2, 0) is 11.3 Å². The van der Waals surface area contributed by atoms with Crippen molar-refractivity contribution in [2.75, 3.05) is 46.9 Å². The molecule has 2 aromatic rings. The number of guanidine groups is 1. The third kappa shape index (κ3) is 7.28. The Morgan fingerprint density at radius 1 is 1.22 bits per heavy atom. The second-order valence-corrected chi connectivity index (χ2v) is 8.23. The Balaban J connectivity index is 1.50. The van der Waals surface area contributed by atoms with E-state index >= 15 is 0 Å². The van der Waals surface area contributed by atoms with Gasteiger partial charge in [0, 0.05) is 32.3 Å². The van der Waals surface area contributed by atoms with E-state index in [1.807, 2.05) is 12.1 Å². The maximum absolute atomic E-state index is 5.66. The van der Waals surface area contributed by atoms with Crippen LogP contribution >= 0.6 is 0 Å². The number of nitrogens with one attached hydrogen (secondary N) is 2. The molecule has 0 amide bonds. The number of aliphatic imine (C=N–C) groups is 1. The number of ether oxygens (including phenoxy) is 2. The quantitative estimate of drug-likeness (QED) is 0.313. The van der Waals surface area contributed by atoms with Crippen LogP contribution in [0.3, 0.4) is 0 Å². The number of hydrogen-bond donors (Lipinski definition) is 2. The summed E-state index contributed by atoms with van der Waals surface area (Å²) < 4.78 is 16.3. The highest BCUT2D eigenvalue weighted by Crippen LogP contribution is 2.35. The van der Waals surface area contributed by atoms with Crippen LogP contribution in [0, 0.1) is 5.92 Å². The lowest BCUT2D eigenvalue weighted by molar-refractivity contribution is 0.105. The number of piperidine rings is 1. The lowest BCUT2D eigenvalue weighted by Gasteiger charge is -2.39. The van der Waals surface area contributed by atoms with Crippen LogP contribution in [0.4, 0.5) is 0 Å². The van der Waals surface area contributed by atoms with Gasteiger partial charge in [-0.1, -0.05) is 12.1 Å². The molecule has 2 atom stereocenters. The molecule has 32 heavy (non-hydrogen) atoms. The molecule has 176 valence electrons. The largest absolute Gasteiger partial charge is 0.497 e. The second kappa shape index (κ2) is 13.1. The SMILES string of the molecule is CCNC(=NCC1CCCN(C)C1c1ccc(OC)cc1)NCCCOCc1ccco1. The molecule has 7 heteroatoms. The van der Waals surface area contributed by atoms with Crippen LogP contribution in [0.1, 0.15) is 43.6 Å². The minimum absolute atomic E-state index is 0.372. The van der Waals surface area contributed by atoms with Crippen molar-refractivity contribution < 1.29 is 13.9 Å². The highest BCUT2D eigenvalue weighted by Gasteiger charge is 2.30. The molecule has 1 saturated heterocycles. The fourth-order valence-corrected chi connectivity index (χ4v) is 4.28. The zero-order valence-electron chi connectivity index (χ0n) is 19.7. The standard InChI is InChI=1S/C25H38N4O3/c1-4-26-25(27-14-7-16-31-19-23-9-6-17-32-23)28-18-21-8-5-15-29(2)24(21)20-10-12-22(30-3)13-11-20/h6,9-13,17,21,24H,4-5,7-8,14-16,18-19H2,1-3H3,(H2,26,27,28). The molecule has 1 aliphatic heterocycles. The summed E-state index contributed by atoms with van der Waals surface area (Å²) in [6.45, 7) is 6.86. The van der Waals surface area contributed by atoms with E-state index in [9.17, 15) is 0 Å². The summed E-state index contributed by atoms with van der Waals surface area (Å²) in [6.07, 6.45) is 4.97. The van der Waals surface area contributed by atoms with E-state index in [2.05, 4.69) is 53.8 Å². The van der Waals surface area contributed by atoms with Gasteiger partial charge in [0.2, 0.25) is 0 Å². The van der Waals surface area contributed by atoms with Crippen molar-refractivity contribution in [3.8, 4) is 5.75 Å². The smallest absolute Gasteiger partial charge is 0.191 e. The molecule has 1 fully saturated rings.